The number of amides is 2. The summed E-state index contributed by atoms with van der Waals surface area (Å²) in [7, 11) is 0. The molecule has 1 aliphatic carbocycles. The highest BCUT2D eigenvalue weighted by Crippen LogP contribution is 2.44. The smallest absolute Gasteiger partial charge is 0.338 e. The van der Waals surface area contributed by atoms with Gasteiger partial charge in [0.1, 0.15) is 0 Å². The van der Waals surface area contributed by atoms with E-state index in [1.807, 2.05) is 0 Å². The van der Waals surface area contributed by atoms with Crippen molar-refractivity contribution in [1.82, 2.24) is 0 Å². The lowest BCUT2D eigenvalue weighted by molar-refractivity contribution is -0.384. The second-order valence-corrected chi connectivity index (χ2v) is 10.4. The van der Waals surface area contributed by atoms with Crippen molar-refractivity contribution in [1.29, 1.82) is 0 Å². The van der Waals surface area contributed by atoms with E-state index in [9.17, 15) is 29.3 Å². The molecule has 0 N–H and O–H groups in total. The van der Waals surface area contributed by atoms with E-state index in [1.54, 1.807) is 0 Å². The van der Waals surface area contributed by atoms with Crippen LogP contribution in [0, 0.1) is 22.0 Å². The highest BCUT2D eigenvalue weighted by atomic mass is 79.9. The maximum atomic E-state index is 12.9. The van der Waals surface area contributed by atoms with Crippen molar-refractivity contribution in [2.24, 2.45) is 11.8 Å². The minimum absolute atomic E-state index is 0.0568. The molecular weight excluding hydrogens is 576 g/mol. The van der Waals surface area contributed by atoms with E-state index in [0.29, 0.717) is 18.5 Å². The monoisotopic (exact) mass is 592 g/mol. The van der Waals surface area contributed by atoms with Gasteiger partial charge in [-0.3, -0.25) is 29.4 Å². The van der Waals surface area contributed by atoms with Gasteiger partial charge in [0.15, 0.2) is 6.61 Å². The number of non-ortho nitro benzene ring substituents is 1. The molecular formula is C23H18Br2N2O7. The van der Waals surface area contributed by atoms with Crippen molar-refractivity contribution in [3.05, 3.63) is 69.8 Å². The number of carbonyl (C=O) groups excluding carboxylic acids is 4. The van der Waals surface area contributed by atoms with Gasteiger partial charge in [0.2, 0.25) is 17.6 Å². The minimum atomic E-state index is -0.776. The number of esters is 1. The van der Waals surface area contributed by atoms with E-state index in [2.05, 4.69) is 31.9 Å². The van der Waals surface area contributed by atoms with Crippen LogP contribution in [0.25, 0.3) is 0 Å². The van der Waals surface area contributed by atoms with E-state index in [1.165, 1.54) is 47.4 Å². The van der Waals surface area contributed by atoms with Gasteiger partial charge in [-0.2, -0.15) is 0 Å². The third-order valence-corrected chi connectivity index (χ3v) is 8.72. The molecule has 2 aromatic carbocycles. The summed E-state index contributed by atoms with van der Waals surface area (Å²) in [5.41, 5.74) is 0.317. The predicted molar refractivity (Wildman–Crippen MR) is 128 cm³/mol. The van der Waals surface area contributed by atoms with Crippen LogP contribution in [-0.4, -0.2) is 44.8 Å². The topological polar surface area (TPSA) is 124 Å². The summed E-state index contributed by atoms with van der Waals surface area (Å²) in [4.78, 5) is 62.0. The Hall–Kier alpha value is -2.92. The molecule has 0 aromatic heterocycles. The van der Waals surface area contributed by atoms with Crippen LogP contribution in [0.2, 0.25) is 0 Å². The van der Waals surface area contributed by atoms with Crippen LogP contribution in [0.15, 0.2) is 48.5 Å². The highest BCUT2D eigenvalue weighted by Gasteiger charge is 2.52. The summed E-state index contributed by atoms with van der Waals surface area (Å²) >= 11 is 7.11. The Morgan fingerprint density at radius 1 is 0.971 bits per heavy atom. The van der Waals surface area contributed by atoms with Crippen LogP contribution in [0.4, 0.5) is 11.4 Å². The van der Waals surface area contributed by atoms with Crippen molar-refractivity contribution < 1.29 is 28.8 Å². The Kier molecular flexibility index (Phi) is 6.94. The molecule has 4 rings (SSSR count). The highest BCUT2D eigenvalue weighted by molar-refractivity contribution is 9.12. The van der Waals surface area contributed by atoms with Crippen LogP contribution >= 0.6 is 31.9 Å². The molecule has 2 fully saturated rings. The number of anilines is 1. The van der Waals surface area contributed by atoms with Gasteiger partial charge in [-0.05, 0) is 37.1 Å². The van der Waals surface area contributed by atoms with Crippen molar-refractivity contribution in [2.45, 2.75) is 22.5 Å². The number of imide groups is 1. The molecule has 0 radical (unpaired) electrons. The van der Waals surface area contributed by atoms with Crippen molar-refractivity contribution >= 4 is 66.8 Å². The van der Waals surface area contributed by atoms with Gasteiger partial charge < -0.3 is 4.74 Å². The number of alkyl halides is 2. The number of nitrogens with zero attached hydrogens (tertiary/aromatic N) is 2. The number of fused-ring (bicyclic) bond motifs is 1. The fourth-order valence-corrected chi connectivity index (χ4v) is 5.42. The lowest BCUT2D eigenvalue weighted by Crippen LogP contribution is -2.34. The Labute approximate surface area is 210 Å². The molecule has 1 saturated heterocycles. The molecule has 34 heavy (non-hydrogen) atoms. The number of nitro benzene ring substituents is 1. The lowest BCUT2D eigenvalue weighted by atomic mass is 9.81. The number of benzene rings is 2. The zero-order valence-electron chi connectivity index (χ0n) is 17.6. The van der Waals surface area contributed by atoms with Gasteiger partial charge in [0.05, 0.1) is 28.0 Å². The second-order valence-electron chi connectivity index (χ2n) is 8.08. The van der Waals surface area contributed by atoms with E-state index < -0.39 is 23.3 Å². The quantitative estimate of drug-likeness (QED) is 0.123. The van der Waals surface area contributed by atoms with Gasteiger partial charge in [-0.25, -0.2) is 4.79 Å². The number of ether oxygens (including phenoxy) is 1. The molecule has 0 bridgehead atoms. The molecule has 0 unspecified atom stereocenters. The third-order valence-electron chi connectivity index (χ3n) is 5.99. The van der Waals surface area contributed by atoms with E-state index >= 15 is 0 Å². The molecule has 0 spiro atoms. The molecule has 2 aromatic rings. The minimum Gasteiger partial charge on any atom is -0.454 e. The van der Waals surface area contributed by atoms with Crippen LogP contribution in [-0.2, 0) is 14.3 Å². The molecule has 1 heterocycles. The maximum Gasteiger partial charge on any atom is 0.338 e. The Morgan fingerprint density at radius 2 is 1.56 bits per heavy atom. The molecule has 2 aliphatic rings. The summed E-state index contributed by atoms with van der Waals surface area (Å²) in [5, 5.41) is 10.9. The number of halogens is 2. The van der Waals surface area contributed by atoms with Crippen LogP contribution in [0.5, 0.6) is 0 Å². The summed E-state index contributed by atoms with van der Waals surface area (Å²) in [5.74, 6) is -2.62. The molecule has 1 saturated carbocycles. The number of hydrogen-bond donors (Lipinski definition) is 0. The van der Waals surface area contributed by atoms with Crippen LogP contribution in [0.3, 0.4) is 0 Å². The van der Waals surface area contributed by atoms with Gasteiger partial charge in [0.25, 0.3) is 5.69 Å². The van der Waals surface area contributed by atoms with Crippen LogP contribution in [0.1, 0.15) is 33.6 Å². The fraction of sp³-hybridized carbons (Fsp3) is 0.304. The number of ketones is 1. The fourth-order valence-electron chi connectivity index (χ4n) is 4.19. The number of carbonyl (C=O) groups is 4. The molecule has 11 heteroatoms. The Balaban J connectivity index is 1.41. The zero-order chi connectivity index (χ0) is 24.6. The summed E-state index contributed by atoms with van der Waals surface area (Å²) in [6.45, 7) is -0.588. The van der Waals surface area contributed by atoms with Crippen molar-refractivity contribution in [3.8, 4) is 0 Å². The number of Topliss-reactive ketones (excluding diaryl/α,β-unsaturated/α-hetero) is 1. The molecule has 4 atom stereocenters. The normalized spacial score (nSPS) is 24.0. The number of hydrogen-bond acceptors (Lipinski definition) is 7. The second kappa shape index (κ2) is 9.75. The third kappa shape index (κ3) is 4.67. The van der Waals surface area contributed by atoms with Crippen molar-refractivity contribution in [2.75, 3.05) is 11.5 Å². The van der Waals surface area contributed by atoms with E-state index in [4.69, 9.17) is 4.74 Å². The van der Waals surface area contributed by atoms with Crippen molar-refractivity contribution in [3.63, 3.8) is 0 Å². The average molecular weight is 594 g/mol. The number of rotatable bonds is 6. The first-order valence-corrected chi connectivity index (χ1v) is 12.2. The van der Waals surface area contributed by atoms with Crippen LogP contribution < -0.4 is 4.90 Å². The van der Waals surface area contributed by atoms with Gasteiger partial charge in [0, 0.05) is 27.4 Å². The SMILES string of the molecule is O=C(COC(=O)c1ccc(N2C(=O)[C@H]3C[C@@H](Br)[C@@H](Br)C[C@H]3C2=O)cc1)c1cccc([N+](=O)[O-])c1. The largest absolute Gasteiger partial charge is 0.454 e. The van der Waals surface area contributed by atoms with Gasteiger partial charge >= 0.3 is 5.97 Å². The summed E-state index contributed by atoms with van der Waals surface area (Å²) < 4.78 is 5.04. The first-order chi connectivity index (χ1) is 16.2. The Morgan fingerprint density at radius 3 is 2.12 bits per heavy atom. The first kappa shape index (κ1) is 24.2. The maximum absolute atomic E-state index is 12.9. The molecule has 1 aliphatic heterocycles. The lowest BCUT2D eigenvalue weighted by Gasteiger charge is -2.29. The molecule has 9 nitrogen and oxygen atoms in total. The van der Waals surface area contributed by atoms with Gasteiger partial charge in [-0.15, -0.1) is 0 Å². The summed E-state index contributed by atoms with van der Waals surface area (Å²) in [6, 6.07) is 11.0. The summed E-state index contributed by atoms with van der Waals surface area (Å²) in [6.07, 6.45) is 1.12. The standard InChI is InChI=1S/C23H18Br2N2O7/c24-18-9-16-17(10-19(18)25)22(30)26(21(16)29)14-6-4-12(5-7-14)23(31)34-11-20(28)13-2-1-3-15(8-13)27(32)33/h1-8,16-19H,9-11H2/t16-,17+,18+,19-. The number of nitro groups is 1. The van der Waals surface area contributed by atoms with E-state index in [-0.39, 0.29) is 50.1 Å². The predicted octanol–water partition coefficient (Wildman–Crippen LogP) is 4.06. The molecule has 176 valence electrons. The molecule has 2 amide bonds. The Bertz CT molecular complexity index is 1160. The zero-order valence-corrected chi connectivity index (χ0v) is 20.7. The first-order valence-electron chi connectivity index (χ1n) is 10.4. The van der Waals surface area contributed by atoms with E-state index in [0.717, 1.165) is 6.07 Å². The average Bonchev–Trinajstić information content (AvgIpc) is 3.06. The van der Waals surface area contributed by atoms with Gasteiger partial charge in [-0.1, -0.05) is 44.0 Å².